The van der Waals surface area contributed by atoms with Crippen LogP contribution in [0.2, 0.25) is 0 Å². The van der Waals surface area contributed by atoms with Gasteiger partial charge in [-0.2, -0.15) is 4.98 Å². The summed E-state index contributed by atoms with van der Waals surface area (Å²) in [5.74, 6) is 0.428. The Morgan fingerprint density at radius 1 is 1.47 bits per heavy atom. The summed E-state index contributed by atoms with van der Waals surface area (Å²) in [7, 11) is 3.43. The third-order valence-electron chi connectivity index (χ3n) is 3.23. The van der Waals surface area contributed by atoms with E-state index in [2.05, 4.69) is 20.6 Å². The van der Waals surface area contributed by atoms with Gasteiger partial charge in [0.25, 0.3) is 0 Å². The van der Waals surface area contributed by atoms with E-state index in [1.165, 1.54) is 0 Å². The van der Waals surface area contributed by atoms with Gasteiger partial charge in [-0.15, -0.1) is 0 Å². The lowest BCUT2D eigenvalue weighted by molar-refractivity contribution is -0.124. The van der Waals surface area contributed by atoms with E-state index in [1.54, 1.807) is 13.3 Å². The number of fused-ring (bicyclic) bond motifs is 1. The Bertz CT molecular complexity index is 636. The highest BCUT2D eigenvalue weighted by molar-refractivity contribution is 5.89. The maximum Gasteiger partial charge on any atom is 0.241 e. The highest BCUT2D eigenvalue weighted by atomic mass is 16.5. The second-order valence-electron chi connectivity index (χ2n) is 4.46. The van der Waals surface area contributed by atoms with Crippen molar-refractivity contribution in [2.24, 2.45) is 7.05 Å². The van der Waals surface area contributed by atoms with E-state index in [4.69, 9.17) is 4.74 Å². The minimum Gasteiger partial charge on any atom is -0.480 e. The van der Waals surface area contributed by atoms with Crippen LogP contribution in [0.15, 0.2) is 12.4 Å². The minimum absolute atomic E-state index is 0.0311. The number of hydrogen-bond acceptors (Lipinski definition) is 5. The van der Waals surface area contributed by atoms with E-state index in [0.29, 0.717) is 18.1 Å². The number of carbonyl (C=O) groups is 1. The molecule has 3 rings (SSSR count). The van der Waals surface area contributed by atoms with Crippen LogP contribution < -0.4 is 15.4 Å². The third-order valence-corrected chi connectivity index (χ3v) is 3.23. The molecule has 0 aromatic carbocycles. The maximum atomic E-state index is 11.9. The van der Waals surface area contributed by atoms with Crippen LogP contribution in [0, 0.1) is 0 Å². The fraction of sp³-hybridized carbons (Fsp3) is 0.417. The number of aryl methyl sites for hydroxylation is 1. The van der Waals surface area contributed by atoms with E-state index >= 15 is 0 Å². The fourth-order valence-electron chi connectivity index (χ4n) is 2.30. The van der Waals surface area contributed by atoms with Crippen molar-refractivity contribution in [1.29, 1.82) is 0 Å². The van der Waals surface area contributed by atoms with Gasteiger partial charge >= 0.3 is 0 Å². The van der Waals surface area contributed by atoms with Crippen molar-refractivity contribution in [1.82, 2.24) is 25.2 Å². The van der Waals surface area contributed by atoms with Crippen LogP contribution in [0.1, 0.15) is 11.6 Å². The number of amides is 1. The van der Waals surface area contributed by atoms with Gasteiger partial charge in [0.05, 0.1) is 13.3 Å². The van der Waals surface area contributed by atoms with Crippen molar-refractivity contribution in [3.63, 3.8) is 0 Å². The molecule has 0 radical (unpaired) electrons. The third kappa shape index (κ3) is 1.91. The van der Waals surface area contributed by atoms with Gasteiger partial charge in [-0.25, -0.2) is 4.98 Å². The van der Waals surface area contributed by atoms with Crippen molar-refractivity contribution in [2.75, 3.05) is 20.2 Å². The van der Waals surface area contributed by atoms with Crippen LogP contribution in [-0.4, -0.2) is 40.6 Å². The summed E-state index contributed by atoms with van der Waals surface area (Å²) in [6.07, 6.45) is 3.44. The number of piperazine rings is 1. The molecule has 1 amide bonds. The normalized spacial score (nSPS) is 19.5. The van der Waals surface area contributed by atoms with Crippen LogP contribution in [0.25, 0.3) is 11.2 Å². The van der Waals surface area contributed by atoms with Gasteiger partial charge < -0.3 is 19.9 Å². The second kappa shape index (κ2) is 4.51. The van der Waals surface area contributed by atoms with Gasteiger partial charge in [0.2, 0.25) is 11.8 Å². The monoisotopic (exact) mass is 261 g/mol. The Morgan fingerprint density at radius 3 is 3.05 bits per heavy atom. The molecule has 2 aromatic heterocycles. The van der Waals surface area contributed by atoms with Crippen LogP contribution in [0.5, 0.6) is 5.88 Å². The molecule has 1 fully saturated rings. The molecule has 7 nitrogen and oxygen atoms in total. The molecule has 19 heavy (non-hydrogen) atoms. The Hall–Kier alpha value is -2.15. The predicted molar refractivity (Wildman–Crippen MR) is 68.8 cm³/mol. The molecule has 1 unspecified atom stereocenters. The Kier molecular flexibility index (Phi) is 2.83. The summed E-state index contributed by atoms with van der Waals surface area (Å²) in [6, 6.07) is -0.375. The molecule has 0 bridgehead atoms. The van der Waals surface area contributed by atoms with Gasteiger partial charge in [0, 0.05) is 31.9 Å². The molecule has 0 saturated carbocycles. The quantitative estimate of drug-likeness (QED) is 0.778. The smallest absolute Gasteiger partial charge is 0.241 e. The number of carbonyl (C=O) groups excluding carboxylic acids is 1. The molecule has 1 saturated heterocycles. The first-order chi connectivity index (χ1) is 9.20. The number of aromatic nitrogens is 3. The molecular formula is C12H15N5O2. The Labute approximate surface area is 110 Å². The Balaban J connectivity index is 2.11. The summed E-state index contributed by atoms with van der Waals surface area (Å²) in [6.45, 7) is 1.40. The molecule has 3 heterocycles. The lowest BCUT2D eigenvalue weighted by atomic mass is 10.1. The van der Waals surface area contributed by atoms with E-state index in [-0.39, 0.29) is 11.9 Å². The number of methoxy groups -OCH3 is 1. The molecular weight excluding hydrogens is 246 g/mol. The van der Waals surface area contributed by atoms with Gasteiger partial charge in [-0.1, -0.05) is 0 Å². The first-order valence-corrected chi connectivity index (χ1v) is 6.08. The predicted octanol–water partition coefficient (Wildman–Crippen LogP) is -0.263. The van der Waals surface area contributed by atoms with E-state index < -0.39 is 0 Å². The summed E-state index contributed by atoms with van der Waals surface area (Å²) < 4.78 is 6.92. The van der Waals surface area contributed by atoms with Gasteiger partial charge in [-0.05, 0) is 0 Å². The molecule has 0 aliphatic carbocycles. The average molecular weight is 261 g/mol. The molecule has 100 valence electrons. The van der Waals surface area contributed by atoms with Crippen LogP contribution in [0.3, 0.4) is 0 Å². The lowest BCUT2D eigenvalue weighted by Crippen LogP contribution is -2.47. The number of nitrogens with zero attached hydrogens (tertiary/aromatic N) is 3. The zero-order chi connectivity index (χ0) is 13.4. The second-order valence-corrected chi connectivity index (χ2v) is 4.46. The lowest BCUT2D eigenvalue weighted by Gasteiger charge is -2.22. The van der Waals surface area contributed by atoms with Crippen LogP contribution >= 0.6 is 0 Å². The van der Waals surface area contributed by atoms with E-state index in [9.17, 15) is 4.79 Å². The zero-order valence-electron chi connectivity index (χ0n) is 10.8. The van der Waals surface area contributed by atoms with Crippen molar-refractivity contribution < 1.29 is 9.53 Å². The number of nitrogens with one attached hydrogen (secondary N) is 2. The Morgan fingerprint density at radius 2 is 2.32 bits per heavy atom. The van der Waals surface area contributed by atoms with E-state index in [0.717, 1.165) is 17.6 Å². The summed E-state index contributed by atoms with van der Waals surface area (Å²) >= 11 is 0. The van der Waals surface area contributed by atoms with E-state index in [1.807, 2.05) is 17.8 Å². The first-order valence-electron chi connectivity index (χ1n) is 6.08. The van der Waals surface area contributed by atoms with Crippen molar-refractivity contribution in [2.45, 2.75) is 6.04 Å². The van der Waals surface area contributed by atoms with Crippen LogP contribution in [-0.2, 0) is 11.8 Å². The summed E-state index contributed by atoms with van der Waals surface area (Å²) in [4.78, 5) is 20.6. The van der Waals surface area contributed by atoms with Crippen LogP contribution in [0.4, 0.5) is 0 Å². The van der Waals surface area contributed by atoms with Crippen molar-refractivity contribution in [3.05, 3.63) is 18.0 Å². The topological polar surface area (TPSA) is 81.1 Å². The van der Waals surface area contributed by atoms with Crippen molar-refractivity contribution >= 4 is 17.1 Å². The highest BCUT2D eigenvalue weighted by Crippen LogP contribution is 2.25. The van der Waals surface area contributed by atoms with Gasteiger partial charge in [0.1, 0.15) is 11.6 Å². The maximum absolute atomic E-state index is 11.9. The summed E-state index contributed by atoms with van der Waals surface area (Å²) in [5.41, 5.74) is 2.26. The molecule has 1 aliphatic heterocycles. The number of rotatable bonds is 2. The number of ether oxygens (including phenoxy) is 1. The largest absolute Gasteiger partial charge is 0.480 e. The van der Waals surface area contributed by atoms with Crippen molar-refractivity contribution in [3.8, 4) is 5.88 Å². The standard InChI is InChI=1S/C12H15N5O2/c1-17-6-7(10-12(18)14-4-3-13-10)9-11(17)16-8(19-2)5-15-9/h5-6,10,13H,3-4H2,1-2H3,(H,14,18). The molecule has 2 N–H and O–H groups in total. The molecule has 2 aromatic rings. The summed E-state index contributed by atoms with van der Waals surface area (Å²) in [5, 5.41) is 6.04. The number of hydrogen-bond donors (Lipinski definition) is 2. The first kappa shape index (κ1) is 11.9. The fourth-order valence-corrected chi connectivity index (χ4v) is 2.30. The highest BCUT2D eigenvalue weighted by Gasteiger charge is 2.27. The molecule has 1 atom stereocenters. The molecule has 1 aliphatic rings. The zero-order valence-corrected chi connectivity index (χ0v) is 10.8. The average Bonchev–Trinajstić information content (AvgIpc) is 2.76. The van der Waals surface area contributed by atoms with Gasteiger partial charge in [-0.3, -0.25) is 4.79 Å². The minimum atomic E-state index is -0.375. The molecule has 0 spiro atoms. The molecule has 7 heteroatoms. The van der Waals surface area contributed by atoms with Gasteiger partial charge in [0.15, 0.2) is 5.65 Å². The SMILES string of the molecule is COc1cnc2c(C3NCCNC3=O)cn(C)c2n1.